The summed E-state index contributed by atoms with van der Waals surface area (Å²) < 4.78 is 11.1. The molecule has 2 heterocycles. The van der Waals surface area contributed by atoms with Crippen LogP contribution in [0.5, 0.6) is 5.75 Å². The molecule has 2 aliphatic rings. The van der Waals surface area contributed by atoms with Crippen molar-refractivity contribution in [3.05, 3.63) is 69.7 Å². The summed E-state index contributed by atoms with van der Waals surface area (Å²) in [5.74, 6) is 0.554. The number of ether oxygens (including phenoxy) is 2. The summed E-state index contributed by atoms with van der Waals surface area (Å²) >= 11 is 0. The second-order valence-corrected chi connectivity index (χ2v) is 5.55. The zero-order valence-electron chi connectivity index (χ0n) is 13.1. The van der Waals surface area contributed by atoms with Crippen LogP contribution in [-0.4, -0.2) is 17.8 Å². The molecule has 0 radical (unpaired) electrons. The third-order valence-corrected chi connectivity index (χ3v) is 4.09. The van der Waals surface area contributed by atoms with Crippen molar-refractivity contribution >= 4 is 22.8 Å². The predicted octanol–water partition coefficient (Wildman–Crippen LogP) is 2.95. The third-order valence-electron chi connectivity index (χ3n) is 4.09. The van der Waals surface area contributed by atoms with E-state index in [4.69, 9.17) is 9.47 Å². The molecule has 0 amide bonds. The number of non-ortho nitro benzene ring substituents is 1. The Kier molecular flexibility index (Phi) is 3.31. The number of nitro groups is 1. The fourth-order valence-electron chi connectivity index (χ4n) is 2.89. The minimum Gasteiger partial charge on any atom is -0.496 e. The molecule has 2 N–H and O–H groups in total. The molecule has 25 heavy (non-hydrogen) atoms. The zero-order chi connectivity index (χ0) is 17.6. The van der Waals surface area contributed by atoms with Crippen LogP contribution in [0.3, 0.4) is 0 Å². The maximum Gasteiger partial charge on any atom is 0.271 e. The van der Waals surface area contributed by atoms with Crippen molar-refractivity contribution in [2.45, 2.75) is 6.10 Å². The van der Waals surface area contributed by atoms with Crippen LogP contribution >= 0.6 is 0 Å². The highest BCUT2D eigenvalue weighted by Crippen LogP contribution is 2.42. The number of nitrogens with zero attached hydrogens (tertiary/aromatic N) is 1. The van der Waals surface area contributed by atoms with Crippen molar-refractivity contribution in [3.63, 3.8) is 0 Å². The first-order valence-corrected chi connectivity index (χ1v) is 7.49. The van der Waals surface area contributed by atoms with Crippen LogP contribution < -0.4 is 15.4 Å². The molecule has 2 aromatic rings. The van der Waals surface area contributed by atoms with Gasteiger partial charge in [0.05, 0.1) is 23.4 Å². The lowest BCUT2D eigenvalue weighted by Crippen LogP contribution is -2.18. The van der Waals surface area contributed by atoms with Crippen LogP contribution in [0.1, 0.15) is 11.7 Å². The van der Waals surface area contributed by atoms with Crippen molar-refractivity contribution < 1.29 is 19.2 Å². The Bertz CT molecular complexity index is 938. The monoisotopic (exact) mass is 339 g/mol. The maximum absolute atomic E-state index is 12.7. The summed E-state index contributed by atoms with van der Waals surface area (Å²) in [7, 11) is 1.52. The van der Waals surface area contributed by atoms with Crippen molar-refractivity contribution in [2.75, 3.05) is 17.7 Å². The van der Waals surface area contributed by atoms with Crippen LogP contribution in [0.4, 0.5) is 17.1 Å². The number of rotatable bonds is 3. The first-order valence-electron chi connectivity index (χ1n) is 7.49. The van der Waals surface area contributed by atoms with Gasteiger partial charge in [0.25, 0.3) is 5.69 Å². The van der Waals surface area contributed by atoms with Crippen LogP contribution in [0.25, 0.3) is 0 Å². The quantitative estimate of drug-likeness (QED) is 0.654. The van der Waals surface area contributed by atoms with E-state index in [-0.39, 0.29) is 23.1 Å². The van der Waals surface area contributed by atoms with Crippen molar-refractivity contribution in [1.82, 2.24) is 0 Å². The smallest absolute Gasteiger partial charge is 0.271 e. The molecule has 0 saturated heterocycles. The lowest BCUT2D eigenvalue weighted by molar-refractivity contribution is -0.384. The number of para-hydroxylation sites is 1. The molecule has 8 nitrogen and oxygen atoms in total. The third kappa shape index (κ3) is 2.35. The van der Waals surface area contributed by atoms with Gasteiger partial charge < -0.3 is 20.1 Å². The van der Waals surface area contributed by atoms with Crippen LogP contribution in [-0.2, 0) is 9.53 Å². The number of Topliss-reactive ketones (excluding diaryl/α,β-unsaturated/α-hetero) is 1. The molecule has 0 bridgehead atoms. The Morgan fingerprint density at radius 1 is 1.16 bits per heavy atom. The number of methoxy groups -OCH3 is 1. The van der Waals surface area contributed by atoms with Crippen LogP contribution in [0, 0.1) is 10.1 Å². The first-order chi connectivity index (χ1) is 12.1. The van der Waals surface area contributed by atoms with Crippen LogP contribution in [0.15, 0.2) is 54.0 Å². The Balaban J connectivity index is 1.66. The topological polar surface area (TPSA) is 103 Å². The van der Waals surface area contributed by atoms with E-state index in [0.29, 0.717) is 22.7 Å². The number of fused-ring (bicyclic) bond motifs is 1. The molecule has 4 rings (SSSR count). The number of anilines is 2. The molecular formula is C17H13N3O5. The number of carbonyl (C=O) groups is 1. The summed E-state index contributed by atoms with van der Waals surface area (Å²) in [4.78, 5) is 23.2. The summed E-state index contributed by atoms with van der Waals surface area (Å²) in [6.45, 7) is 0. The number of hydrogen-bond donors (Lipinski definition) is 2. The van der Waals surface area contributed by atoms with E-state index in [2.05, 4.69) is 10.6 Å². The average Bonchev–Trinajstić information content (AvgIpc) is 2.95. The lowest BCUT2D eigenvalue weighted by atomic mass is 10.0. The van der Waals surface area contributed by atoms with Crippen molar-refractivity contribution in [1.29, 1.82) is 0 Å². The van der Waals surface area contributed by atoms with E-state index >= 15 is 0 Å². The molecular weight excluding hydrogens is 326 g/mol. The Hall–Kier alpha value is -3.55. The Labute approximate surface area is 142 Å². The summed E-state index contributed by atoms with van der Waals surface area (Å²) in [5.41, 5.74) is 1.89. The van der Waals surface area contributed by atoms with Gasteiger partial charge in [0.15, 0.2) is 6.10 Å². The van der Waals surface area contributed by atoms with E-state index in [0.717, 1.165) is 0 Å². The van der Waals surface area contributed by atoms with Gasteiger partial charge in [0, 0.05) is 17.7 Å². The highest BCUT2D eigenvalue weighted by atomic mass is 16.6. The second-order valence-electron chi connectivity index (χ2n) is 5.55. The SMILES string of the molecule is COc1ccccc1[C@@H]1OC2=C(Nc3ccc([N+](=O)[O-])cc3N2)C1=O. The number of ketones is 1. The molecule has 0 aliphatic carbocycles. The van der Waals surface area contributed by atoms with E-state index < -0.39 is 11.0 Å². The standard InChI is InChI=1S/C17H13N3O5/c1-24-13-5-3-2-4-10(13)16-15(21)14-17(25-16)19-12-8-9(20(22)23)6-7-11(12)18-14/h2-8,16,18-19H,1H3/t16-/m0/s1. The number of hydrogen-bond acceptors (Lipinski definition) is 7. The fraction of sp³-hybridized carbons (Fsp3) is 0.118. The molecule has 2 aromatic carbocycles. The van der Waals surface area contributed by atoms with E-state index in [1.807, 2.05) is 0 Å². The fourth-order valence-corrected chi connectivity index (χ4v) is 2.89. The van der Waals surface area contributed by atoms with Gasteiger partial charge in [0.1, 0.15) is 11.4 Å². The highest BCUT2D eigenvalue weighted by Gasteiger charge is 2.40. The van der Waals surface area contributed by atoms with Crippen molar-refractivity contribution in [3.8, 4) is 5.75 Å². The lowest BCUT2D eigenvalue weighted by Gasteiger charge is -2.19. The van der Waals surface area contributed by atoms with E-state index in [9.17, 15) is 14.9 Å². The summed E-state index contributed by atoms with van der Waals surface area (Å²) in [6, 6.07) is 11.4. The first kappa shape index (κ1) is 15.0. The minimum atomic E-state index is -0.842. The van der Waals surface area contributed by atoms with Gasteiger partial charge in [-0.1, -0.05) is 18.2 Å². The number of carbonyl (C=O) groups excluding carboxylic acids is 1. The van der Waals surface area contributed by atoms with Gasteiger partial charge in [-0.2, -0.15) is 0 Å². The highest BCUT2D eigenvalue weighted by molar-refractivity contribution is 6.06. The zero-order valence-corrected chi connectivity index (χ0v) is 13.1. The van der Waals surface area contributed by atoms with E-state index in [1.165, 1.54) is 19.2 Å². The Morgan fingerprint density at radius 3 is 2.72 bits per heavy atom. The molecule has 0 aromatic heterocycles. The predicted molar refractivity (Wildman–Crippen MR) is 89.2 cm³/mol. The summed E-state index contributed by atoms with van der Waals surface area (Å²) in [6.07, 6.45) is -0.842. The number of benzene rings is 2. The molecule has 0 fully saturated rings. The minimum absolute atomic E-state index is 0.0531. The number of nitro benzene ring substituents is 1. The molecule has 0 saturated carbocycles. The maximum atomic E-state index is 12.7. The Morgan fingerprint density at radius 2 is 1.96 bits per heavy atom. The van der Waals surface area contributed by atoms with Gasteiger partial charge in [-0.3, -0.25) is 14.9 Å². The normalized spacial score (nSPS) is 17.8. The summed E-state index contributed by atoms with van der Waals surface area (Å²) in [5, 5.41) is 16.9. The molecule has 0 unspecified atom stereocenters. The van der Waals surface area contributed by atoms with Crippen molar-refractivity contribution in [2.24, 2.45) is 0 Å². The number of nitrogens with one attached hydrogen (secondary N) is 2. The van der Waals surface area contributed by atoms with Crippen LogP contribution in [0.2, 0.25) is 0 Å². The largest absolute Gasteiger partial charge is 0.496 e. The van der Waals surface area contributed by atoms with Gasteiger partial charge in [-0.15, -0.1) is 0 Å². The molecule has 126 valence electrons. The molecule has 8 heteroatoms. The van der Waals surface area contributed by atoms with Gasteiger partial charge >= 0.3 is 0 Å². The van der Waals surface area contributed by atoms with Gasteiger partial charge in [-0.25, -0.2) is 0 Å². The van der Waals surface area contributed by atoms with Gasteiger partial charge in [-0.05, 0) is 12.1 Å². The molecule has 2 aliphatic heterocycles. The molecule has 1 atom stereocenters. The van der Waals surface area contributed by atoms with E-state index in [1.54, 1.807) is 30.3 Å². The second kappa shape index (κ2) is 5.52. The van der Waals surface area contributed by atoms with Gasteiger partial charge in [0.2, 0.25) is 11.7 Å². The molecule has 0 spiro atoms. The average molecular weight is 339 g/mol.